The third kappa shape index (κ3) is 1.87. The molecule has 5 rings (SSSR count). The maximum atomic E-state index is 6.14. The lowest BCUT2D eigenvalue weighted by Crippen LogP contribution is -1.97. The molecule has 0 bridgehead atoms. The Labute approximate surface area is 134 Å². The quantitative estimate of drug-likeness (QED) is 0.353. The fourth-order valence-corrected chi connectivity index (χ4v) is 3.37. The van der Waals surface area contributed by atoms with E-state index in [2.05, 4.69) is 66.7 Å². The monoisotopic (exact) mass is 294 g/mol. The van der Waals surface area contributed by atoms with Crippen molar-refractivity contribution in [1.82, 2.24) is 0 Å². The van der Waals surface area contributed by atoms with Crippen LogP contribution in [0.15, 0.2) is 84.9 Å². The second-order valence-electron chi connectivity index (χ2n) is 5.84. The van der Waals surface area contributed by atoms with Gasteiger partial charge in [-0.15, -0.1) is 0 Å². The van der Waals surface area contributed by atoms with Gasteiger partial charge in [-0.25, -0.2) is 0 Å². The van der Waals surface area contributed by atoms with E-state index >= 15 is 0 Å². The Morgan fingerprint density at radius 2 is 1.35 bits per heavy atom. The first-order valence-electron chi connectivity index (χ1n) is 7.79. The van der Waals surface area contributed by atoms with Gasteiger partial charge in [0.1, 0.15) is 11.5 Å². The average molecular weight is 294 g/mol. The van der Waals surface area contributed by atoms with Crippen LogP contribution in [0.5, 0.6) is 11.5 Å². The SMILES string of the molecule is c1ccc(-c2ccc3c(c2)-c2cccc4cccc(c24)O3)cc1. The van der Waals surface area contributed by atoms with Crippen LogP contribution in [0.25, 0.3) is 33.0 Å². The maximum absolute atomic E-state index is 6.14. The Bertz CT molecular complexity index is 1030. The maximum Gasteiger partial charge on any atom is 0.135 e. The molecule has 1 nitrogen and oxygen atoms in total. The predicted molar refractivity (Wildman–Crippen MR) is 94.9 cm³/mol. The molecule has 1 aliphatic rings. The largest absolute Gasteiger partial charge is 0.456 e. The van der Waals surface area contributed by atoms with Crippen molar-refractivity contribution in [1.29, 1.82) is 0 Å². The standard InChI is InChI=1S/C22H14O/c1-2-6-15(7-3-1)17-12-13-20-19(14-17)18-10-4-8-16-9-5-11-21(23-20)22(16)18/h1-14H. The predicted octanol–water partition coefficient (Wildman–Crippen LogP) is 6.28. The van der Waals surface area contributed by atoms with E-state index in [1.54, 1.807) is 0 Å². The molecule has 0 saturated heterocycles. The fraction of sp³-hybridized carbons (Fsp3) is 0. The van der Waals surface area contributed by atoms with Crippen molar-refractivity contribution in [3.8, 4) is 33.8 Å². The number of hydrogen-bond acceptors (Lipinski definition) is 1. The van der Waals surface area contributed by atoms with Crippen molar-refractivity contribution in [2.24, 2.45) is 0 Å². The van der Waals surface area contributed by atoms with Crippen LogP contribution in [-0.4, -0.2) is 0 Å². The van der Waals surface area contributed by atoms with Gasteiger partial charge < -0.3 is 4.74 Å². The molecule has 0 radical (unpaired) electrons. The van der Waals surface area contributed by atoms with Crippen LogP contribution < -0.4 is 4.74 Å². The van der Waals surface area contributed by atoms with Crippen LogP contribution in [-0.2, 0) is 0 Å². The summed E-state index contributed by atoms with van der Waals surface area (Å²) < 4.78 is 6.14. The summed E-state index contributed by atoms with van der Waals surface area (Å²) in [5, 5.41) is 2.42. The molecular formula is C22H14O. The van der Waals surface area contributed by atoms with Gasteiger partial charge in [-0.05, 0) is 40.3 Å². The molecule has 0 saturated carbocycles. The zero-order chi connectivity index (χ0) is 15.2. The van der Waals surface area contributed by atoms with E-state index in [0.29, 0.717) is 0 Å². The third-order valence-corrected chi connectivity index (χ3v) is 4.46. The smallest absolute Gasteiger partial charge is 0.135 e. The van der Waals surface area contributed by atoms with Gasteiger partial charge in [0, 0.05) is 10.9 Å². The lowest BCUT2D eigenvalue weighted by atomic mass is 9.92. The first-order valence-corrected chi connectivity index (χ1v) is 7.79. The van der Waals surface area contributed by atoms with Gasteiger partial charge in [0.2, 0.25) is 0 Å². The van der Waals surface area contributed by atoms with Crippen LogP contribution in [0.4, 0.5) is 0 Å². The number of hydrogen-bond donors (Lipinski definition) is 0. The molecule has 23 heavy (non-hydrogen) atoms. The normalized spacial score (nSPS) is 11.8. The minimum absolute atomic E-state index is 0.927. The minimum atomic E-state index is 0.927. The first kappa shape index (κ1) is 12.5. The van der Waals surface area contributed by atoms with E-state index in [1.165, 1.54) is 27.5 Å². The highest BCUT2D eigenvalue weighted by atomic mass is 16.5. The lowest BCUT2D eigenvalue weighted by Gasteiger charge is -2.21. The van der Waals surface area contributed by atoms with E-state index in [9.17, 15) is 0 Å². The van der Waals surface area contributed by atoms with Crippen molar-refractivity contribution in [2.45, 2.75) is 0 Å². The number of ether oxygens (including phenoxy) is 1. The van der Waals surface area contributed by atoms with E-state index in [1.807, 2.05) is 18.2 Å². The van der Waals surface area contributed by atoms with Gasteiger partial charge in [-0.3, -0.25) is 0 Å². The van der Waals surface area contributed by atoms with Gasteiger partial charge in [0.25, 0.3) is 0 Å². The second kappa shape index (κ2) is 4.72. The van der Waals surface area contributed by atoms with Crippen molar-refractivity contribution in [2.75, 3.05) is 0 Å². The van der Waals surface area contributed by atoms with Gasteiger partial charge in [-0.2, -0.15) is 0 Å². The molecule has 0 unspecified atom stereocenters. The average Bonchev–Trinajstić information content (AvgIpc) is 2.63. The highest BCUT2D eigenvalue weighted by molar-refractivity contribution is 6.04. The minimum Gasteiger partial charge on any atom is -0.456 e. The Morgan fingerprint density at radius 3 is 2.22 bits per heavy atom. The number of rotatable bonds is 1. The number of benzene rings is 4. The Kier molecular flexibility index (Phi) is 2.56. The molecule has 0 spiro atoms. The molecule has 4 aromatic carbocycles. The molecule has 0 N–H and O–H groups in total. The van der Waals surface area contributed by atoms with Crippen molar-refractivity contribution < 1.29 is 4.74 Å². The summed E-state index contributed by atoms with van der Waals surface area (Å²) in [6.45, 7) is 0. The summed E-state index contributed by atoms with van der Waals surface area (Å²) in [5.41, 5.74) is 4.85. The molecule has 0 fully saturated rings. The third-order valence-electron chi connectivity index (χ3n) is 4.46. The molecule has 0 atom stereocenters. The second-order valence-corrected chi connectivity index (χ2v) is 5.84. The summed E-state index contributed by atoms with van der Waals surface area (Å²) >= 11 is 0. The Balaban J connectivity index is 1.79. The molecule has 1 heteroatoms. The summed E-state index contributed by atoms with van der Waals surface area (Å²) in [6, 6.07) is 29.6. The van der Waals surface area contributed by atoms with E-state index in [0.717, 1.165) is 17.1 Å². The lowest BCUT2D eigenvalue weighted by molar-refractivity contribution is 0.487. The molecule has 4 aromatic rings. The van der Waals surface area contributed by atoms with Crippen LogP contribution in [0.2, 0.25) is 0 Å². The molecule has 1 heterocycles. The Hall–Kier alpha value is -3.06. The topological polar surface area (TPSA) is 9.23 Å². The highest BCUT2D eigenvalue weighted by Gasteiger charge is 2.19. The molecule has 0 amide bonds. The van der Waals surface area contributed by atoms with Gasteiger partial charge >= 0.3 is 0 Å². The molecular weight excluding hydrogens is 280 g/mol. The number of fused-ring (bicyclic) bond motifs is 2. The Morgan fingerprint density at radius 1 is 0.522 bits per heavy atom. The van der Waals surface area contributed by atoms with E-state index in [-0.39, 0.29) is 0 Å². The summed E-state index contributed by atoms with van der Waals surface area (Å²) in [5.74, 6) is 1.87. The zero-order valence-electron chi connectivity index (χ0n) is 12.5. The summed E-state index contributed by atoms with van der Waals surface area (Å²) in [6.07, 6.45) is 0. The molecule has 0 aliphatic carbocycles. The summed E-state index contributed by atoms with van der Waals surface area (Å²) in [4.78, 5) is 0. The van der Waals surface area contributed by atoms with Gasteiger partial charge in [0.05, 0.1) is 0 Å². The van der Waals surface area contributed by atoms with Crippen LogP contribution in [0.1, 0.15) is 0 Å². The van der Waals surface area contributed by atoms with Crippen LogP contribution in [0.3, 0.4) is 0 Å². The molecule has 1 aliphatic heterocycles. The molecule has 108 valence electrons. The molecule has 0 aromatic heterocycles. The summed E-state index contributed by atoms with van der Waals surface area (Å²) in [7, 11) is 0. The highest BCUT2D eigenvalue weighted by Crippen LogP contribution is 2.47. The van der Waals surface area contributed by atoms with E-state index < -0.39 is 0 Å². The van der Waals surface area contributed by atoms with Crippen LogP contribution >= 0.6 is 0 Å². The fourth-order valence-electron chi connectivity index (χ4n) is 3.37. The van der Waals surface area contributed by atoms with E-state index in [4.69, 9.17) is 4.74 Å². The van der Waals surface area contributed by atoms with Gasteiger partial charge in [0.15, 0.2) is 0 Å². The van der Waals surface area contributed by atoms with Crippen molar-refractivity contribution in [3.05, 3.63) is 84.9 Å². The van der Waals surface area contributed by atoms with Crippen molar-refractivity contribution in [3.63, 3.8) is 0 Å². The van der Waals surface area contributed by atoms with Crippen LogP contribution in [0, 0.1) is 0 Å². The zero-order valence-corrected chi connectivity index (χ0v) is 12.5. The van der Waals surface area contributed by atoms with Gasteiger partial charge in [-0.1, -0.05) is 66.7 Å². The first-order chi connectivity index (χ1) is 11.4. The van der Waals surface area contributed by atoms with Crippen molar-refractivity contribution >= 4 is 10.8 Å².